The molecule has 0 radical (unpaired) electrons. The third kappa shape index (κ3) is 1.83. The average Bonchev–Trinajstić information content (AvgIpc) is 2.51. The van der Waals surface area contributed by atoms with E-state index < -0.39 is 0 Å². The first-order valence-electron chi connectivity index (χ1n) is 5.55. The normalized spacial score (nSPS) is 20.0. The van der Waals surface area contributed by atoms with Crippen LogP contribution in [0.4, 0.5) is 0 Å². The van der Waals surface area contributed by atoms with Crippen LogP contribution in [-0.2, 0) is 10.8 Å². The summed E-state index contributed by atoms with van der Waals surface area (Å²) in [5.41, 5.74) is 1.28. The van der Waals surface area contributed by atoms with Gasteiger partial charge in [-0.3, -0.25) is 0 Å². The number of thiazole rings is 1. The van der Waals surface area contributed by atoms with Gasteiger partial charge in [0.25, 0.3) is 0 Å². The van der Waals surface area contributed by atoms with Gasteiger partial charge in [0.1, 0.15) is 5.01 Å². The number of nitrogens with zero attached hydrogens (tertiary/aromatic N) is 1. The fraction of sp³-hybridized carbons (Fsp3) is 0.750. The molecule has 1 saturated carbocycles. The summed E-state index contributed by atoms with van der Waals surface area (Å²) in [5, 5.41) is 12.8. The molecule has 0 saturated heterocycles. The molecule has 0 aromatic carbocycles. The van der Waals surface area contributed by atoms with E-state index in [4.69, 9.17) is 4.98 Å². The highest BCUT2D eigenvalue weighted by Gasteiger charge is 2.41. The van der Waals surface area contributed by atoms with E-state index in [1.807, 2.05) is 0 Å². The summed E-state index contributed by atoms with van der Waals surface area (Å²) < 4.78 is 0. The minimum Gasteiger partial charge on any atom is -0.395 e. The maximum absolute atomic E-state index is 9.47. The Hall–Kier alpha value is -0.410. The molecule has 1 aliphatic carbocycles. The second kappa shape index (κ2) is 3.56. The first-order chi connectivity index (χ1) is 6.98. The van der Waals surface area contributed by atoms with Crippen molar-refractivity contribution in [2.45, 2.75) is 50.9 Å². The molecular weight excluding hydrogens is 206 g/mol. The fourth-order valence-electron chi connectivity index (χ4n) is 1.90. The topological polar surface area (TPSA) is 33.1 Å². The van der Waals surface area contributed by atoms with Gasteiger partial charge in [0.2, 0.25) is 0 Å². The van der Waals surface area contributed by atoms with E-state index in [1.165, 1.54) is 6.42 Å². The van der Waals surface area contributed by atoms with Crippen LogP contribution in [0, 0.1) is 0 Å². The van der Waals surface area contributed by atoms with E-state index >= 15 is 0 Å². The number of aliphatic hydroxyl groups is 1. The molecule has 1 N–H and O–H groups in total. The second-order valence-corrected chi connectivity index (χ2v) is 6.44. The van der Waals surface area contributed by atoms with Crippen molar-refractivity contribution in [3.63, 3.8) is 0 Å². The Morgan fingerprint density at radius 1 is 1.47 bits per heavy atom. The summed E-state index contributed by atoms with van der Waals surface area (Å²) in [6.45, 7) is 6.79. The highest BCUT2D eigenvalue weighted by atomic mass is 32.1. The Labute approximate surface area is 95.4 Å². The predicted molar refractivity (Wildman–Crippen MR) is 63.4 cm³/mol. The van der Waals surface area contributed by atoms with Gasteiger partial charge < -0.3 is 5.11 Å². The van der Waals surface area contributed by atoms with Crippen LogP contribution in [0.3, 0.4) is 0 Å². The van der Waals surface area contributed by atoms with Gasteiger partial charge in [-0.25, -0.2) is 4.98 Å². The molecule has 0 spiro atoms. The minimum absolute atomic E-state index is 0.00810. The molecule has 0 bridgehead atoms. The Bertz CT molecular complexity index is 341. The molecular formula is C12H19NOS. The van der Waals surface area contributed by atoms with Gasteiger partial charge in [-0.1, -0.05) is 27.2 Å². The van der Waals surface area contributed by atoms with E-state index in [0.717, 1.165) is 23.5 Å². The lowest BCUT2D eigenvalue weighted by Gasteiger charge is -2.38. The van der Waals surface area contributed by atoms with Crippen LogP contribution in [0.5, 0.6) is 0 Å². The summed E-state index contributed by atoms with van der Waals surface area (Å²) >= 11 is 1.71. The zero-order valence-corrected chi connectivity index (χ0v) is 10.5. The zero-order valence-electron chi connectivity index (χ0n) is 9.71. The van der Waals surface area contributed by atoms with Crippen LogP contribution in [0.15, 0.2) is 5.38 Å². The molecule has 0 unspecified atom stereocenters. The van der Waals surface area contributed by atoms with Gasteiger partial charge in [0, 0.05) is 16.2 Å². The van der Waals surface area contributed by atoms with Crippen LogP contribution in [0.2, 0.25) is 0 Å². The number of aromatic nitrogens is 1. The third-order valence-corrected chi connectivity index (χ3v) is 4.43. The molecule has 1 aliphatic rings. The smallest absolute Gasteiger partial charge is 0.101 e. The Balaban J connectivity index is 2.27. The zero-order chi connectivity index (χ0) is 11.1. The van der Waals surface area contributed by atoms with Gasteiger partial charge >= 0.3 is 0 Å². The standard InChI is InChI=1S/C12H19NOS/c1-11(2,3)9-7-15-10(13-9)12(8-14)5-4-6-12/h7,14H,4-6,8H2,1-3H3. The van der Waals surface area contributed by atoms with E-state index in [2.05, 4.69) is 26.2 Å². The molecule has 1 aromatic rings. The summed E-state index contributed by atoms with van der Waals surface area (Å²) in [7, 11) is 0. The van der Waals surface area contributed by atoms with Crippen molar-refractivity contribution in [2.24, 2.45) is 0 Å². The van der Waals surface area contributed by atoms with Crippen LogP contribution in [0.1, 0.15) is 50.7 Å². The van der Waals surface area contributed by atoms with E-state index in [1.54, 1.807) is 11.3 Å². The third-order valence-electron chi connectivity index (χ3n) is 3.34. The van der Waals surface area contributed by atoms with E-state index in [-0.39, 0.29) is 17.4 Å². The molecule has 3 heteroatoms. The molecule has 0 amide bonds. The van der Waals surface area contributed by atoms with Crippen LogP contribution in [-0.4, -0.2) is 16.7 Å². The minimum atomic E-state index is 0.00810. The average molecular weight is 225 g/mol. The number of rotatable bonds is 2. The SMILES string of the molecule is CC(C)(C)c1csc(C2(CO)CCC2)n1. The van der Waals surface area contributed by atoms with Crippen molar-refractivity contribution in [1.29, 1.82) is 0 Å². The lowest BCUT2D eigenvalue weighted by Crippen LogP contribution is -2.37. The van der Waals surface area contributed by atoms with Gasteiger partial charge in [0.15, 0.2) is 0 Å². The highest BCUT2D eigenvalue weighted by molar-refractivity contribution is 7.09. The Morgan fingerprint density at radius 2 is 2.13 bits per heavy atom. The largest absolute Gasteiger partial charge is 0.395 e. The molecule has 15 heavy (non-hydrogen) atoms. The monoisotopic (exact) mass is 225 g/mol. The van der Waals surface area contributed by atoms with Crippen molar-refractivity contribution in [3.05, 3.63) is 16.1 Å². The van der Waals surface area contributed by atoms with Crippen molar-refractivity contribution in [2.75, 3.05) is 6.61 Å². The quantitative estimate of drug-likeness (QED) is 0.839. The highest BCUT2D eigenvalue weighted by Crippen LogP contribution is 2.45. The van der Waals surface area contributed by atoms with Crippen LogP contribution in [0.25, 0.3) is 0 Å². The Morgan fingerprint density at radius 3 is 2.47 bits per heavy atom. The van der Waals surface area contributed by atoms with Gasteiger partial charge in [0.05, 0.1) is 12.3 Å². The molecule has 0 atom stereocenters. The maximum atomic E-state index is 9.47. The molecule has 1 heterocycles. The molecule has 84 valence electrons. The summed E-state index contributed by atoms with van der Waals surface area (Å²) in [4.78, 5) is 4.71. The van der Waals surface area contributed by atoms with Crippen LogP contribution < -0.4 is 0 Å². The van der Waals surface area contributed by atoms with E-state index in [9.17, 15) is 5.11 Å². The molecule has 1 fully saturated rings. The Kier molecular flexibility index (Phi) is 2.63. The van der Waals surface area contributed by atoms with Gasteiger partial charge in [-0.05, 0) is 12.8 Å². The van der Waals surface area contributed by atoms with E-state index in [0.29, 0.717) is 0 Å². The first kappa shape index (κ1) is 11.1. The summed E-state index contributed by atoms with van der Waals surface area (Å²) in [5.74, 6) is 0. The van der Waals surface area contributed by atoms with Gasteiger partial charge in [-0.15, -0.1) is 11.3 Å². The predicted octanol–water partition coefficient (Wildman–Crippen LogP) is 2.85. The molecule has 1 aromatic heterocycles. The fourth-order valence-corrected chi connectivity index (χ4v) is 3.20. The number of hydrogen-bond acceptors (Lipinski definition) is 3. The first-order valence-corrected chi connectivity index (χ1v) is 6.43. The summed E-state index contributed by atoms with van der Waals surface area (Å²) in [6.07, 6.45) is 3.42. The van der Waals surface area contributed by atoms with Gasteiger partial charge in [-0.2, -0.15) is 0 Å². The number of hydrogen-bond donors (Lipinski definition) is 1. The molecule has 2 rings (SSSR count). The van der Waals surface area contributed by atoms with Crippen molar-refractivity contribution >= 4 is 11.3 Å². The van der Waals surface area contributed by atoms with Crippen molar-refractivity contribution in [1.82, 2.24) is 4.98 Å². The van der Waals surface area contributed by atoms with Crippen molar-refractivity contribution in [3.8, 4) is 0 Å². The maximum Gasteiger partial charge on any atom is 0.101 e. The van der Waals surface area contributed by atoms with Crippen molar-refractivity contribution < 1.29 is 5.11 Å². The second-order valence-electron chi connectivity index (χ2n) is 5.58. The number of aliphatic hydroxyl groups excluding tert-OH is 1. The van der Waals surface area contributed by atoms with Crippen LogP contribution >= 0.6 is 11.3 Å². The molecule has 0 aliphatic heterocycles. The lowest BCUT2D eigenvalue weighted by molar-refractivity contribution is 0.119. The molecule has 2 nitrogen and oxygen atoms in total. The summed E-state index contributed by atoms with van der Waals surface area (Å²) in [6, 6.07) is 0. The lowest BCUT2D eigenvalue weighted by atomic mass is 9.70.